The van der Waals surface area contributed by atoms with Crippen molar-refractivity contribution in [2.75, 3.05) is 26.2 Å². The Balaban J connectivity index is 2.65. The number of nitrogens with zero attached hydrogens (tertiary/aromatic N) is 1. The fraction of sp³-hybridized carbons (Fsp3) is 1.00. The fourth-order valence-corrected chi connectivity index (χ4v) is 3.30. The molecule has 1 rings (SSSR count). The summed E-state index contributed by atoms with van der Waals surface area (Å²) >= 11 is 0. The van der Waals surface area contributed by atoms with E-state index in [1.165, 1.54) is 19.3 Å². The molecule has 3 heteroatoms. The van der Waals surface area contributed by atoms with E-state index in [9.17, 15) is 0 Å². The Labute approximate surface area is 120 Å². The van der Waals surface area contributed by atoms with E-state index in [2.05, 4.69) is 51.8 Å². The molecule has 0 aromatic rings. The Morgan fingerprint density at radius 2 is 1.63 bits per heavy atom. The summed E-state index contributed by atoms with van der Waals surface area (Å²) < 4.78 is 6.18. The predicted molar refractivity (Wildman–Crippen MR) is 82.7 cm³/mol. The van der Waals surface area contributed by atoms with Crippen LogP contribution in [0.4, 0.5) is 0 Å². The maximum Gasteiger partial charge on any atom is 0.0760 e. The SMILES string of the molecule is CCCNCC(CCC)N1CC(C)(C)OC(C)(C)C1. The first kappa shape index (κ1) is 16.9. The second kappa shape index (κ2) is 7.05. The van der Waals surface area contributed by atoms with Gasteiger partial charge in [-0.25, -0.2) is 0 Å². The zero-order valence-corrected chi connectivity index (χ0v) is 13.9. The van der Waals surface area contributed by atoms with Crippen LogP contribution in [0.1, 0.15) is 60.8 Å². The van der Waals surface area contributed by atoms with Gasteiger partial charge in [0.15, 0.2) is 0 Å². The lowest BCUT2D eigenvalue weighted by Gasteiger charge is -2.49. The van der Waals surface area contributed by atoms with Crippen molar-refractivity contribution >= 4 is 0 Å². The minimum atomic E-state index is -0.0432. The first-order valence-electron chi connectivity index (χ1n) is 7.94. The molecule has 1 heterocycles. The van der Waals surface area contributed by atoms with Crippen LogP contribution in [0.5, 0.6) is 0 Å². The number of hydrogen-bond donors (Lipinski definition) is 1. The van der Waals surface area contributed by atoms with Crippen molar-refractivity contribution in [1.82, 2.24) is 10.2 Å². The molecule has 3 nitrogen and oxygen atoms in total. The normalized spacial score (nSPS) is 24.3. The van der Waals surface area contributed by atoms with Gasteiger partial charge in [0.25, 0.3) is 0 Å². The van der Waals surface area contributed by atoms with Crippen molar-refractivity contribution in [2.45, 2.75) is 78.0 Å². The molecule has 0 aliphatic carbocycles. The van der Waals surface area contributed by atoms with Gasteiger partial charge in [-0.1, -0.05) is 20.3 Å². The zero-order chi connectivity index (χ0) is 14.5. The molecule has 0 spiro atoms. The van der Waals surface area contributed by atoms with Crippen LogP contribution in [0, 0.1) is 0 Å². The van der Waals surface area contributed by atoms with Gasteiger partial charge in [-0.2, -0.15) is 0 Å². The van der Waals surface area contributed by atoms with Gasteiger partial charge in [-0.3, -0.25) is 4.90 Å². The molecule has 0 radical (unpaired) electrons. The smallest absolute Gasteiger partial charge is 0.0760 e. The highest BCUT2D eigenvalue weighted by Crippen LogP contribution is 2.29. The maximum absolute atomic E-state index is 6.18. The summed E-state index contributed by atoms with van der Waals surface area (Å²) in [4.78, 5) is 2.63. The number of ether oxygens (including phenoxy) is 1. The third-order valence-corrected chi connectivity index (χ3v) is 3.67. The van der Waals surface area contributed by atoms with Gasteiger partial charge in [0.2, 0.25) is 0 Å². The lowest BCUT2D eigenvalue weighted by atomic mass is 9.96. The van der Waals surface area contributed by atoms with Crippen LogP contribution in [0.25, 0.3) is 0 Å². The van der Waals surface area contributed by atoms with E-state index in [0.717, 1.165) is 26.2 Å². The summed E-state index contributed by atoms with van der Waals surface area (Å²) in [5, 5.41) is 3.59. The van der Waals surface area contributed by atoms with E-state index in [4.69, 9.17) is 4.74 Å². The van der Waals surface area contributed by atoms with Crippen molar-refractivity contribution in [3.63, 3.8) is 0 Å². The third kappa shape index (κ3) is 5.80. The van der Waals surface area contributed by atoms with Gasteiger partial charge < -0.3 is 10.1 Å². The zero-order valence-electron chi connectivity index (χ0n) is 13.9. The van der Waals surface area contributed by atoms with Crippen LogP contribution in [0.2, 0.25) is 0 Å². The maximum atomic E-state index is 6.18. The van der Waals surface area contributed by atoms with E-state index in [0.29, 0.717) is 6.04 Å². The van der Waals surface area contributed by atoms with E-state index in [-0.39, 0.29) is 11.2 Å². The third-order valence-electron chi connectivity index (χ3n) is 3.67. The van der Waals surface area contributed by atoms with Gasteiger partial charge in [0, 0.05) is 25.7 Å². The van der Waals surface area contributed by atoms with E-state index < -0.39 is 0 Å². The minimum absolute atomic E-state index is 0.0432. The standard InChI is InChI=1S/C16H34N2O/c1-7-9-14(11-17-10-8-2)18-12-15(3,4)19-16(5,6)13-18/h14,17H,7-13H2,1-6H3. The summed E-state index contributed by atoms with van der Waals surface area (Å²) in [6.45, 7) is 17.7. The van der Waals surface area contributed by atoms with E-state index in [1.807, 2.05) is 0 Å². The molecule has 1 atom stereocenters. The van der Waals surface area contributed by atoms with Crippen LogP contribution in [0.15, 0.2) is 0 Å². The van der Waals surface area contributed by atoms with Gasteiger partial charge in [-0.05, 0) is 47.1 Å². The Bertz CT molecular complexity index is 247. The summed E-state index contributed by atoms with van der Waals surface area (Å²) in [7, 11) is 0. The first-order valence-corrected chi connectivity index (χ1v) is 7.94. The predicted octanol–water partition coefficient (Wildman–Crippen LogP) is 3.04. The Kier molecular flexibility index (Phi) is 6.28. The van der Waals surface area contributed by atoms with Crippen molar-refractivity contribution in [1.29, 1.82) is 0 Å². The Morgan fingerprint density at radius 1 is 1.05 bits per heavy atom. The molecule has 19 heavy (non-hydrogen) atoms. The van der Waals surface area contributed by atoms with Gasteiger partial charge in [0.05, 0.1) is 11.2 Å². The largest absolute Gasteiger partial charge is 0.367 e. The highest BCUT2D eigenvalue weighted by Gasteiger charge is 2.40. The van der Waals surface area contributed by atoms with Crippen molar-refractivity contribution < 1.29 is 4.74 Å². The van der Waals surface area contributed by atoms with Crippen LogP contribution < -0.4 is 5.32 Å². The molecule has 0 aromatic carbocycles. The molecule has 0 bridgehead atoms. The molecule has 1 fully saturated rings. The topological polar surface area (TPSA) is 24.5 Å². The van der Waals surface area contributed by atoms with Gasteiger partial charge in [0.1, 0.15) is 0 Å². The Hall–Kier alpha value is -0.120. The highest BCUT2D eigenvalue weighted by molar-refractivity contribution is 4.92. The van der Waals surface area contributed by atoms with Gasteiger partial charge >= 0.3 is 0 Å². The summed E-state index contributed by atoms with van der Waals surface area (Å²) in [6, 6.07) is 0.638. The van der Waals surface area contributed by atoms with Crippen molar-refractivity contribution in [3.8, 4) is 0 Å². The molecular weight excluding hydrogens is 236 g/mol. The average Bonchev–Trinajstić information content (AvgIpc) is 2.24. The monoisotopic (exact) mass is 270 g/mol. The molecule has 1 aliphatic heterocycles. The molecule has 1 aliphatic rings. The second-order valence-corrected chi connectivity index (χ2v) is 7.17. The number of hydrogen-bond acceptors (Lipinski definition) is 3. The Morgan fingerprint density at radius 3 is 2.11 bits per heavy atom. The summed E-state index contributed by atoms with van der Waals surface area (Å²) in [5.74, 6) is 0. The van der Waals surface area contributed by atoms with E-state index in [1.54, 1.807) is 0 Å². The minimum Gasteiger partial charge on any atom is -0.367 e. The van der Waals surface area contributed by atoms with Crippen LogP contribution in [-0.2, 0) is 4.74 Å². The lowest BCUT2D eigenvalue weighted by Crippen LogP contribution is -2.61. The quantitative estimate of drug-likeness (QED) is 0.720. The molecule has 1 unspecified atom stereocenters. The fourth-order valence-electron chi connectivity index (χ4n) is 3.30. The molecule has 0 aromatic heterocycles. The molecule has 114 valence electrons. The second-order valence-electron chi connectivity index (χ2n) is 7.17. The van der Waals surface area contributed by atoms with Crippen molar-refractivity contribution in [2.24, 2.45) is 0 Å². The van der Waals surface area contributed by atoms with E-state index >= 15 is 0 Å². The summed E-state index contributed by atoms with van der Waals surface area (Å²) in [6.07, 6.45) is 3.72. The van der Waals surface area contributed by atoms with Crippen LogP contribution in [-0.4, -0.2) is 48.3 Å². The average molecular weight is 270 g/mol. The highest BCUT2D eigenvalue weighted by atomic mass is 16.5. The molecular formula is C16H34N2O. The number of morpholine rings is 1. The number of nitrogens with one attached hydrogen (secondary N) is 1. The molecule has 0 saturated carbocycles. The van der Waals surface area contributed by atoms with Crippen LogP contribution in [0.3, 0.4) is 0 Å². The molecule has 0 amide bonds. The van der Waals surface area contributed by atoms with Crippen LogP contribution >= 0.6 is 0 Å². The number of rotatable bonds is 7. The van der Waals surface area contributed by atoms with Gasteiger partial charge in [-0.15, -0.1) is 0 Å². The first-order chi connectivity index (χ1) is 8.79. The lowest BCUT2D eigenvalue weighted by molar-refractivity contribution is -0.187. The molecule has 1 N–H and O–H groups in total. The summed E-state index contributed by atoms with van der Waals surface area (Å²) in [5.41, 5.74) is -0.0863. The van der Waals surface area contributed by atoms with Crippen molar-refractivity contribution in [3.05, 3.63) is 0 Å². The molecule has 1 saturated heterocycles.